The van der Waals surface area contributed by atoms with Gasteiger partial charge in [-0.25, -0.2) is 5.43 Å². The second-order valence-corrected chi connectivity index (χ2v) is 9.54. The Morgan fingerprint density at radius 1 is 0.857 bits per heavy atom. The molecule has 42 heavy (non-hydrogen) atoms. The van der Waals surface area contributed by atoms with Crippen LogP contribution in [0.1, 0.15) is 16.7 Å². The lowest BCUT2D eigenvalue weighted by atomic mass is 10.1. The minimum Gasteiger partial charge on any atom is -0.493 e. The van der Waals surface area contributed by atoms with Gasteiger partial charge in [0.25, 0.3) is 5.91 Å². The molecule has 0 aliphatic carbocycles. The molecule has 3 aromatic rings. The number of halogens is 2. The lowest BCUT2D eigenvalue weighted by molar-refractivity contribution is -0.139. The van der Waals surface area contributed by atoms with E-state index in [1.54, 1.807) is 37.4 Å². The molecule has 0 aromatic heterocycles. The van der Waals surface area contributed by atoms with Gasteiger partial charge in [0.1, 0.15) is 0 Å². The molecule has 0 aliphatic rings. The lowest BCUT2D eigenvalue weighted by Crippen LogP contribution is -2.38. The molecule has 3 N–H and O–H groups in total. The monoisotopic (exact) mass is 616 g/mol. The van der Waals surface area contributed by atoms with E-state index in [1.807, 2.05) is 13.0 Å². The maximum Gasteiger partial charge on any atom is 0.329 e. The van der Waals surface area contributed by atoms with Crippen LogP contribution in [0.4, 0.5) is 5.69 Å². The largest absolute Gasteiger partial charge is 0.493 e. The lowest BCUT2D eigenvalue weighted by Gasteiger charge is -2.13. The fourth-order valence-corrected chi connectivity index (χ4v) is 4.07. The molecule has 3 rings (SSSR count). The number of amides is 3. The van der Waals surface area contributed by atoms with Crippen molar-refractivity contribution in [3.63, 3.8) is 0 Å². The highest BCUT2D eigenvalue weighted by atomic mass is 35.5. The van der Waals surface area contributed by atoms with E-state index in [1.165, 1.54) is 32.6 Å². The second-order valence-electron chi connectivity index (χ2n) is 8.73. The van der Waals surface area contributed by atoms with Crippen LogP contribution < -0.4 is 35.0 Å². The number of benzene rings is 3. The first-order valence-electron chi connectivity index (χ1n) is 12.5. The Bertz CT molecular complexity index is 1480. The van der Waals surface area contributed by atoms with Gasteiger partial charge in [-0.1, -0.05) is 35.3 Å². The van der Waals surface area contributed by atoms with Crippen LogP contribution in [-0.2, 0) is 20.8 Å². The highest BCUT2D eigenvalue weighted by Crippen LogP contribution is 2.36. The molecule has 13 heteroatoms. The third-order valence-electron chi connectivity index (χ3n) is 5.79. The number of ether oxygens (including phenoxy) is 4. The number of nitrogens with one attached hydrogen (secondary N) is 3. The fourth-order valence-electron chi connectivity index (χ4n) is 3.61. The summed E-state index contributed by atoms with van der Waals surface area (Å²) in [5.74, 6) is -0.685. The van der Waals surface area contributed by atoms with Crippen LogP contribution >= 0.6 is 23.2 Å². The number of aryl methyl sites for hydroxylation is 1. The summed E-state index contributed by atoms with van der Waals surface area (Å²) in [7, 11) is 4.48. The van der Waals surface area contributed by atoms with Crippen molar-refractivity contribution in [1.82, 2.24) is 10.7 Å². The first-order valence-corrected chi connectivity index (χ1v) is 13.3. The second kappa shape index (κ2) is 15.5. The Balaban J connectivity index is 1.50. The SMILES string of the molecule is COc1ccc(CCNC(=O)C(=O)N/N=C\c2cc(Cl)c(OCC(=O)Nc3ccc(C)c(Cl)c3)c(OC)c2)cc1OC. The van der Waals surface area contributed by atoms with E-state index in [0.717, 1.165) is 11.1 Å². The Labute approximate surface area is 253 Å². The van der Waals surface area contributed by atoms with E-state index >= 15 is 0 Å². The average molecular weight is 617 g/mol. The molecule has 3 amide bonds. The number of methoxy groups -OCH3 is 3. The topological polar surface area (TPSA) is 137 Å². The van der Waals surface area contributed by atoms with Crippen molar-refractivity contribution in [3.8, 4) is 23.0 Å². The summed E-state index contributed by atoms with van der Waals surface area (Å²) in [6.45, 7) is 1.73. The van der Waals surface area contributed by atoms with Gasteiger partial charge in [0.05, 0.1) is 32.6 Å². The van der Waals surface area contributed by atoms with E-state index in [9.17, 15) is 14.4 Å². The van der Waals surface area contributed by atoms with E-state index in [2.05, 4.69) is 21.2 Å². The molecule has 0 unspecified atom stereocenters. The van der Waals surface area contributed by atoms with Gasteiger partial charge in [-0.2, -0.15) is 5.10 Å². The highest BCUT2D eigenvalue weighted by molar-refractivity contribution is 6.35. The molecule has 0 heterocycles. The minimum absolute atomic E-state index is 0.140. The number of carbonyl (C=O) groups is 3. The fraction of sp³-hybridized carbons (Fsp3) is 0.241. The molecule has 3 aromatic carbocycles. The summed E-state index contributed by atoms with van der Waals surface area (Å²) in [6, 6.07) is 13.6. The van der Waals surface area contributed by atoms with Crippen molar-refractivity contribution in [2.24, 2.45) is 5.10 Å². The molecule has 0 saturated heterocycles. The average Bonchev–Trinajstić information content (AvgIpc) is 2.97. The summed E-state index contributed by atoms with van der Waals surface area (Å²) in [5, 5.41) is 9.69. The van der Waals surface area contributed by atoms with E-state index < -0.39 is 17.7 Å². The Hall–Kier alpha value is -4.48. The minimum atomic E-state index is -0.947. The van der Waals surface area contributed by atoms with Gasteiger partial charge in [0.2, 0.25) is 0 Å². The number of carbonyl (C=O) groups excluding carboxylic acids is 3. The first kappa shape index (κ1) is 32.0. The standard InChI is InChI=1S/C29H30Cl2N4O7/c1-17-5-7-20(14-21(17)30)34-26(36)16-42-27-22(31)11-19(13-25(27)41-4)15-33-35-29(38)28(37)32-10-9-18-6-8-23(39-2)24(12-18)40-3/h5-8,11-15H,9-10,16H2,1-4H3,(H,32,37)(H,34,36)(H,35,38)/b33-15-. The molecule has 0 bridgehead atoms. The van der Waals surface area contributed by atoms with Gasteiger partial charge < -0.3 is 29.6 Å². The smallest absolute Gasteiger partial charge is 0.329 e. The molecule has 222 valence electrons. The number of hydrogen-bond donors (Lipinski definition) is 3. The zero-order chi connectivity index (χ0) is 30.6. The van der Waals surface area contributed by atoms with Crippen molar-refractivity contribution in [1.29, 1.82) is 0 Å². The summed E-state index contributed by atoms with van der Waals surface area (Å²) in [6.07, 6.45) is 1.75. The van der Waals surface area contributed by atoms with E-state index in [-0.39, 0.29) is 29.7 Å². The van der Waals surface area contributed by atoms with Crippen LogP contribution in [0, 0.1) is 6.92 Å². The third kappa shape index (κ3) is 9.02. The molecule has 0 aliphatic heterocycles. The Morgan fingerprint density at radius 2 is 1.60 bits per heavy atom. The maximum atomic E-state index is 12.3. The number of rotatable bonds is 12. The number of hydrogen-bond acceptors (Lipinski definition) is 8. The molecular formula is C29H30Cl2N4O7. The molecule has 0 spiro atoms. The summed E-state index contributed by atoms with van der Waals surface area (Å²) < 4.78 is 21.4. The number of nitrogens with zero attached hydrogens (tertiary/aromatic N) is 1. The molecule has 0 atom stereocenters. The van der Waals surface area contributed by atoms with Gasteiger partial charge in [-0.3, -0.25) is 14.4 Å². The van der Waals surface area contributed by atoms with Crippen molar-refractivity contribution in [2.75, 3.05) is 39.8 Å². The van der Waals surface area contributed by atoms with Gasteiger partial charge in [0, 0.05) is 17.3 Å². The van der Waals surface area contributed by atoms with Crippen LogP contribution in [0.5, 0.6) is 23.0 Å². The Kier molecular flexibility index (Phi) is 11.8. The normalized spacial score (nSPS) is 10.6. The summed E-state index contributed by atoms with van der Waals surface area (Å²) in [5.41, 5.74) is 4.90. The van der Waals surface area contributed by atoms with Gasteiger partial charge in [-0.15, -0.1) is 0 Å². The molecule has 11 nitrogen and oxygen atoms in total. The van der Waals surface area contributed by atoms with Gasteiger partial charge in [0.15, 0.2) is 29.6 Å². The van der Waals surface area contributed by atoms with Crippen molar-refractivity contribution in [2.45, 2.75) is 13.3 Å². The number of anilines is 1. The zero-order valence-corrected chi connectivity index (χ0v) is 24.9. The first-order chi connectivity index (χ1) is 20.1. The predicted octanol–water partition coefficient (Wildman–Crippen LogP) is 4.15. The van der Waals surface area contributed by atoms with Crippen LogP contribution in [0.25, 0.3) is 0 Å². The summed E-state index contributed by atoms with van der Waals surface area (Å²) >= 11 is 12.4. The third-order valence-corrected chi connectivity index (χ3v) is 6.48. The van der Waals surface area contributed by atoms with Crippen molar-refractivity contribution < 1.29 is 33.3 Å². The molecular weight excluding hydrogens is 587 g/mol. The van der Waals surface area contributed by atoms with Gasteiger partial charge in [-0.05, 0) is 66.4 Å². The predicted molar refractivity (Wildman–Crippen MR) is 160 cm³/mol. The Morgan fingerprint density at radius 3 is 2.29 bits per heavy atom. The van der Waals surface area contributed by atoms with Gasteiger partial charge >= 0.3 is 11.8 Å². The van der Waals surface area contributed by atoms with Crippen LogP contribution in [0.2, 0.25) is 10.0 Å². The van der Waals surface area contributed by atoms with E-state index in [4.69, 9.17) is 42.1 Å². The molecule has 0 radical (unpaired) electrons. The van der Waals surface area contributed by atoms with Crippen LogP contribution in [0.3, 0.4) is 0 Å². The number of hydrazone groups is 1. The maximum absolute atomic E-state index is 12.3. The molecule has 0 saturated carbocycles. The van der Waals surface area contributed by atoms with Crippen LogP contribution in [-0.4, -0.2) is 58.4 Å². The summed E-state index contributed by atoms with van der Waals surface area (Å²) in [4.78, 5) is 36.6. The van der Waals surface area contributed by atoms with Crippen molar-refractivity contribution >= 4 is 52.8 Å². The molecule has 0 fully saturated rings. The quantitative estimate of drug-likeness (QED) is 0.158. The van der Waals surface area contributed by atoms with E-state index in [0.29, 0.717) is 34.2 Å². The zero-order valence-electron chi connectivity index (χ0n) is 23.4. The highest BCUT2D eigenvalue weighted by Gasteiger charge is 2.15. The van der Waals surface area contributed by atoms with Crippen molar-refractivity contribution in [3.05, 3.63) is 75.3 Å². The van der Waals surface area contributed by atoms with Crippen LogP contribution in [0.15, 0.2) is 53.6 Å².